The van der Waals surface area contributed by atoms with Crippen molar-refractivity contribution in [2.75, 3.05) is 13.2 Å². The highest BCUT2D eigenvalue weighted by Gasteiger charge is 2.34. The second-order valence-electron chi connectivity index (χ2n) is 6.48. The average molecular weight is 483 g/mol. The summed E-state index contributed by atoms with van der Waals surface area (Å²) in [4.78, 5) is 26.0. The van der Waals surface area contributed by atoms with Gasteiger partial charge in [0.2, 0.25) is 0 Å². The van der Waals surface area contributed by atoms with Crippen LogP contribution in [0.25, 0.3) is 6.08 Å². The van der Waals surface area contributed by atoms with Crippen molar-refractivity contribution in [2.45, 2.75) is 0 Å². The number of benzene rings is 2. The Morgan fingerprint density at radius 1 is 1.00 bits per heavy atom. The van der Waals surface area contributed by atoms with Crippen molar-refractivity contribution in [1.29, 1.82) is 0 Å². The highest BCUT2D eigenvalue weighted by atomic mass is 32.2. The number of nitrogens with one attached hydrogen (secondary N) is 1. The Labute approximate surface area is 198 Å². The Kier molecular flexibility index (Phi) is 7.21. The lowest BCUT2D eigenvalue weighted by Gasteiger charge is -2.14. The van der Waals surface area contributed by atoms with Gasteiger partial charge in [-0.05, 0) is 47.9 Å². The average Bonchev–Trinajstić information content (AvgIpc) is 3.43. The molecule has 0 radical (unpaired) electrons. The minimum Gasteiger partial charge on any atom is -0.490 e. The van der Waals surface area contributed by atoms with Crippen LogP contribution in [-0.4, -0.2) is 34.4 Å². The molecule has 0 bridgehead atoms. The smallest absolute Gasteiger partial charge is 0.285 e. The monoisotopic (exact) mass is 482 g/mol. The molecule has 1 aromatic heterocycles. The number of ether oxygens (including phenoxy) is 2. The van der Waals surface area contributed by atoms with Crippen LogP contribution >= 0.6 is 35.3 Å². The fourth-order valence-corrected chi connectivity index (χ4v) is 4.61. The summed E-state index contributed by atoms with van der Waals surface area (Å²) >= 11 is 7.71. The Morgan fingerprint density at radius 2 is 1.75 bits per heavy atom. The number of hydrogen-bond acceptors (Lipinski definition) is 7. The van der Waals surface area contributed by atoms with Gasteiger partial charge >= 0.3 is 0 Å². The van der Waals surface area contributed by atoms with Crippen LogP contribution in [0.1, 0.15) is 15.2 Å². The number of carbonyl (C=O) groups excluding carboxylic acids is 2. The second kappa shape index (κ2) is 10.4. The van der Waals surface area contributed by atoms with Crippen LogP contribution in [0, 0.1) is 0 Å². The number of thioether (sulfide) groups is 1. The molecule has 1 fully saturated rings. The molecule has 2 heterocycles. The van der Waals surface area contributed by atoms with Crippen LogP contribution in [0.15, 0.2) is 77.0 Å². The maximum absolute atomic E-state index is 12.8. The van der Waals surface area contributed by atoms with E-state index in [1.165, 1.54) is 11.3 Å². The van der Waals surface area contributed by atoms with E-state index in [1.807, 2.05) is 54.6 Å². The molecule has 3 aromatic rings. The Hall–Kier alpha value is -3.14. The third-order valence-corrected chi connectivity index (χ3v) is 6.48. The lowest BCUT2D eigenvalue weighted by molar-refractivity contribution is -0.123. The molecule has 2 amide bonds. The maximum atomic E-state index is 12.8. The topological polar surface area (TPSA) is 67.9 Å². The molecule has 2 aromatic carbocycles. The number of thiophene rings is 1. The fourth-order valence-electron chi connectivity index (χ4n) is 2.83. The lowest BCUT2D eigenvalue weighted by atomic mass is 10.2. The minimum absolute atomic E-state index is 0.265. The first-order chi connectivity index (χ1) is 15.6. The number of hydrazine groups is 1. The van der Waals surface area contributed by atoms with Gasteiger partial charge in [-0.1, -0.05) is 54.2 Å². The van der Waals surface area contributed by atoms with Crippen molar-refractivity contribution in [3.63, 3.8) is 0 Å². The number of para-hydroxylation sites is 2. The Morgan fingerprint density at radius 3 is 2.53 bits per heavy atom. The molecule has 0 aliphatic carbocycles. The minimum atomic E-state index is -0.382. The molecule has 0 spiro atoms. The van der Waals surface area contributed by atoms with E-state index in [-0.39, 0.29) is 16.1 Å². The molecule has 32 heavy (non-hydrogen) atoms. The number of thiocarbonyl (C=S) groups is 1. The Bertz CT molecular complexity index is 1150. The van der Waals surface area contributed by atoms with Gasteiger partial charge in [-0.25, -0.2) is 0 Å². The second-order valence-corrected chi connectivity index (χ2v) is 9.11. The van der Waals surface area contributed by atoms with Crippen molar-refractivity contribution >= 4 is 57.5 Å². The van der Waals surface area contributed by atoms with Gasteiger partial charge < -0.3 is 9.47 Å². The van der Waals surface area contributed by atoms with Crippen molar-refractivity contribution in [3.8, 4) is 11.5 Å². The highest BCUT2D eigenvalue weighted by Crippen LogP contribution is 2.33. The van der Waals surface area contributed by atoms with Crippen molar-refractivity contribution in [2.24, 2.45) is 0 Å². The predicted molar refractivity (Wildman–Crippen MR) is 131 cm³/mol. The highest BCUT2D eigenvalue weighted by molar-refractivity contribution is 8.26. The first-order valence-electron chi connectivity index (χ1n) is 9.64. The molecule has 1 aliphatic rings. The standard InChI is InChI=1S/C23H18N2O4S3/c26-21(19-11-6-14-31-19)24-25-22(27)20(32-23(25)30)15-16-7-4-5-10-18(16)29-13-12-28-17-8-2-1-3-9-17/h1-11,14-15H,12-13H2,(H,24,26)/b20-15+. The number of carbonyl (C=O) groups is 2. The van der Waals surface area contributed by atoms with Crippen LogP contribution in [-0.2, 0) is 4.79 Å². The van der Waals surface area contributed by atoms with Gasteiger partial charge in [-0.2, -0.15) is 5.01 Å². The SMILES string of the molecule is O=C(NN1C(=O)/C(=C\c2ccccc2OCCOc2ccccc2)SC1=S)c1cccs1. The zero-order valence-corrected chi connectivity index (χ0v) is 19.2. The molecule has 6 nitrogen and oxygen atoms in total. The Balaban J connectivity index is 1.40. The molecule has 0 atom stereocenters. The van der Waals surface area contributed by atoms with Gasteiger partial charge in [0.25, 0.3) is 11.8 Å². The summed E-state index contributed by atoms with van der Waals surface area (Å²) < 4.78 is 11.8. The van der Waals surface area contributed by atoms with E-state index < -0.39 is 0 Å². The molecular formula is C23H18N2O4S3. The third-order valence-electron chi connectivity index (χ3n) is 4.31. The van der Waals surface area contributed by atoms with Crippen LogP contribution in [0.4, 0.5) is 0 Å². The fraction of sp³-hybridized carbons (Fsp3) is 0.0870. The van der Waals surface area contributed by atoms with Gasteiger partial charge in [0.05, 0.1) is 9.78 Å². The summed E-state index contributed by atoms with van der Waals surface area (Å²) in [5.74, 6) is 0.640. The zero-order valence-electron chi connectivity index (χ0n) is 16.7. The van der Waals surface area contributed by atoms with Gasteiger partial charge in [0.15, 0.2) is 4.32 Å². The van der Waals surface area contributed by atoms with E-state index in [4.69, 9.17) is 21.7 Å². The summed E-state index contributed by atoms with van der Waals surface area (Å²) in [5, 5.41) is 2.89. The summed E-state index contributed by atoms with van der Waals surface area (Å²) in [5.41, 5.74) is 3.31. The number of rotatable bonds is 8. The largest absolute Gasteiger partial charge is 0.490 e. The maximum Gasteiger partial charge on any atom is 0.285 e. The van der Waals surface area contributed by atoms with E-state index >= 15 is 0 Å². The van der Waals surface area contributed by atoms with E-state index in [0.717, 1.165) is 28.1 Å². The van der Waals surface area contributed by atoms with Gasteiger partial charge in [0, 0.05) is 5.56 Å². The number of hydrogen-bond donors (Lipinski definition) is 1. The van der Waals surface area contributed by atoms with Gasteiger partial charge in [-0.15, -0.1) is 11.3 Å². The quantitative estimate of drug-likeness (QED) is 0.284. The van der Waals surface area contributed by atoms with Crippen molar-refractivity contribution < 1.29 is 19.1 Å². The molecule has 0 unspecified atom stereocenters. The molecule has 1 saturated heterocycles. The molecule has 1 N–H and O–H groups in total. The summed E-state index contributed by atoms with van der Waals surface area (Å²) in [6.45, 7) is 0.729. The molecule has 9 heteroatoms. The van der Waals surface area contributed by atoms with Crippen LogP contribution in [0.2, 0.25) is 0 Å². The molecular weight excluding hydrogens is 464 g/mol. The van der Waals surface area contributed by atoms with E-state index in [0.29, 0.717) is 28.7 Å². The van der Waals surface area contributed by atoms with Crippen LogP contribution < -0.4 is 14.9 Å². The third kappa shape index (κ3) is 5.37. The van der Waals surface area contributed by atoms with Crippen LogP contribution in [0.3, 0.4) is 0 Å². The van der Waals surface area contributed by atoms with Crippen molar-refractivity contribution in [3.05, 3.63) is 87.5 Å². The molecule has 162 valence electrons. The summed E-state index contributed by atoms with van der Waals surface area (Å²) in [6.07, 6.45) is 1.71. The van der Waals surface area contributed by atoms with E-state index in [2.05, 4.69) is 5.43 Å². The van der Waals surface area contributed by atoms with E-state index in [9.17, 15) is 9.59 Å². The van der Waals surface area contributed by atoms with Gasteiger partial charge in [-0.3, -0.25) is 15.0 Å². The van der Waals surface area contributed by atoms with Crippen LogP contribution in [0.5, 0.6) is 11.5 Å². The van der Waals surface area contributed by atoms with Crippen molar-refractivity contribution in [1.82, 2.24) is 10.4 Å². The summed E-state index contributed by atoms with van der Waals surface area (Å²) in [6, 6.07) is 20.4. The zero-order chi connectivity index (χ0) is 22.3. The normalized spacial score (nSPS) is 14.6. The number of amides is 2. The summed E-state index contributed by atoms with van der Waals surface area (Å²) in [7, 11) is 0. The lowest BCUT2D eigenvalue weighted by Crippen LogP contribution is -2.44. The predicted octanol–water partition coefficient (Wildman–Crippen LogP) is 4.75. The first-order valence-corrected chi connectivity index (χ1v) is 11.7. The first kappa shape index (κ1) is 22.1. The molecule has 0 saturated carbocycles. The van der Waals surface area contributed by atoms with E-state index in [1.54, 1.807) is 23.6 Å². The number of nitrogens with zero attached hydrogens (tertiary/aromatic N) is 1. The van der Waals surface area contributed by atoms with Gasteiger partial charge in [0.1, 0.15) is 24.7 Å². The molecule has 1 aliphatic heterocycles. The molecule has 4 rings (SSSR count).